The van der Waals surface area contributed by atoms with Gasteiger partial charge in [-0.15, -0.1) is 0 Å². The van der Waals surface area contributed by atoms with E-state index in [2.05, 4.69) is 32.1 Å². The fraction of sp³-hybridized carbons (Fsp3) is 0.214. The minimum absolute atomic E-state index is 0.292. The summed E-state index contributed by atoms with van der Waals surface area (Å²) in [5.74, 6) is 0.292. The third kappa shape index (κ3) is 1.71. The SMILES string of the molecule is CC1=CC(c2ccccc2C#N)C(C)=C1. The lowest BCUT2D eigenvalue weighted by Gasteiger charge is -2.11. The third-order valence-corrected chi connectivity index (χ3v) is 2.79. The summed E-state index contributed by atoms with van der Waals surface area (Å²) in [6.07, 6.45) is 4.39. The van der Waals surface area contributed by atoms with Crippen LogP contribution in [0.3, 0.4) is 0 Å². The molecule has 0 saturated carbocycles. The maximum atomic E-state index is 9.04. The first-order valence-electron chi connectivity index (χ1n) is 5.08. The first-order valence-corrected chi connectivity index (χ1v) is 5.08. The second-order valence-corrected chi connectivity index (χ2v) is 3.98. The summed E-state index contributed by atoms with van der Waals surface area (Å²) in [5.41, 5.74) is 4.49. The van der Waals surface area contributed by atoms with Crippen molar-refractivity contribution in [3.8, 4) is 6.07 Å². The van der Waals surface area contributed by atoms with Crippen LogP contribution in [0.1, 0.15) is 30.9 Å². The van der Waals surface area contributed by atoms with Gasteiger partial charge in [-0.2, -0.15) is 5.26 Å². The Kier molecular flexibility index (Phi) is 2.43. The first kappa shape index (κ1) is 9.73. The highest BCUT2D eigenvalue weighted by molar-refractivity contribution is 5.50. The molecule has 0 heterocycles. The Morgan fingerprint density at radius 1 is 1.20 bits per heavy atom. The van der Waals surface area contributed by atoms with Crippen molar-refractivity contribution in [2.75, 3.05) is 0 Å². The van der Waals surface area contributed by atoms with Gasteiger partial charge in [-0.25, -0.2) is 0 Å². The Morgan fingerprint density at radius 3 is 2.53 bits per heavy atom. The number of hydrogen-bond acceptors (Lipinski definition) is 1. The molecule has 1 heteroatoms. The van der Waals surface area contributed by atoms with Gasteiger partial charge in [0.05, 0.1) is 11.6 Å². The van der Waals surface area contributed by atoms with E-state index >= 15 is 0 Å². The zero-order valence-corrected chi connectivity index (χ0v) is 8.99. The Balaban J connectivity index is 2.48. The smallest absolute Gasteiger partial charge is 0.0994 e. The fourth-order valence-electron chi connectivity index (χ4n) is 2.10. The number of nitrogens with zero attached hydrogens (tertiary/aromatic N) is 1. The summed E-state index contributed by atoms with van der Waals surface area (Å²) in [6.45, 7) is 4.21. The van der Waals surface area contributed by atoms with Crippen LogP contribution in [0.5, 0.6) is 0 Å². The average molecular weight is 195 g/mol. The van der Waals surface area contributed by atoms with Gasteiger partial charge in [0.15, 0.2) is 0 Å². The molecule has 0 aliphatic heterocycles. The molecule has 0 aromatic heterocycles. The lowest BCUT2D eigenvalue weighted by molar-refractivity contribution is 1.00. The fourth-order valence-corrected chi connectivity index (χ4v) is 2.10. The predicted molar refractivity (Wildman–Crippen MR) is 61.4 cm³/mol. The molecule has 0 fully saturated rings. The number of rotatable bonds is 1. The zero-order chi connectivity index (χ0) is 10.8. The van der Waals surface area contributed by atoms with E-state index in [-0.39, 0.29) is 0 Å². The molecule has 0 radical (unpaired) electrons. The molecule has 0 N–H and O–H groups in total. The van der Waals surface area contributed by atoms with E-state index in [0.29, 0.717) is 5.92 Å². The number of nitriles is 1. The van der Waals surface area contributed by atoms with Gasteiger partial charge < -0.3 is 0 Å². The summed E-state index contributed by atoms with van der Waals surface area (Å²) >= 11 is 0. The summed E-state index contributed by atoms with van der Waals surface area (Å²) < 4.78 is 0. The molecule has 0 spiro atoms. The van der Waals surface area contributed by atoms with Crippen molar-refractivity contribution in [2.24, 2.45) is 0 Å². The highest BCUT2D eigenvalue weighted by Crippen LogP contribution is 2.34. The molecular weight excluding hydrogens is 182 g/mol. The normalized spacial score (nSPS) is 19.4. The molecule has 15 heavy (non-hydrogen) atoms. The van der Waals surface area contributed by atoms with Crippen LogP contribution in [0.4, 0.5) is 0 Å². The number of allylic oxidation sites excluding steroid dienone is 4. The molecule has 1 aliphatic rings. The summed E-state index contributed by atoms with van der Waals surface area (Å²) in [5, 5.41) is 9.04. The molecule has 1 aromatic rings. The average Bonchev–Trinajstić information content (AvgIpc) is 2.57. The molecule has 0 saturated heterocycles. The maximum Gasteiger partial charge on any atom is 0.0994 e. The van der Waals surface area contributed by atoms with Gasteiger partial charge in [0.1, 0.15) is 0 Å². The van der Waals surface area contributed by atoms with E-state index in [4.69, 9.17) is 5.26 Å². The van der Waals surface area contributed by atoms with Crippen molar-refractivity contribution < 1.29 is 0 Å². The van der Waals surface area contributed by atoms with Crippen LogP contribution in [0.2, 0.25) is 0 Å². The highest BCUT2D eigenvalue weighted by Gasteiger charge is 2.18. The quantitative estimate of drug-likeness (QED) is 0.672. The van der Waals surface area contributed by atoms with E-state index in [9.17, 15) is 0 Å². The van der Waals surface area contributed by atoms with Crippen LogP contribution in [-0.4, -0.2) is 0 Å². The largest absolute Gasteiger partial charge is 0.192 e. The van der Waals surface area contributed by atoms with Crippen LogP contribution in [0.25, 0.3) is 0 Å². The summed E-state index contributed by atoms with van der Waals surface area (Å²) in [7, 11) is 0. The Bertz CT molecular complexity index is 486. The van der Waals surface area contributed by atoms with Crippen molar-refractivity contribution in [3.05, 3.63) is 58.7 Å². The Morgan fingerprint density at radius 2 is 1.93 bits per heavy atom. The van der Waals surface area contributed by atoms with Gasteiger partial charge in [0.25, 0.3) is 0 Å². The molecule has 1 atom stereocenters. The van der Waals surface area contributed by atoms with Gasteiger partial charge >= 0.3 is 0 Å². The molecule has 0 bridgehead atoms. The molecule has 0 amide bonds. The predicted octanol–water partition coefficient (Wildman–Crippen LogP) is 3.55. The number of benzene rings is 1. The van der Waals surface area contributed by atoms with Gasteiger partial charge in [-0.05, 0) is 25.5 Å². The standard InChI is InChI=1S/C14H13N/c1-10-7-11(2)14(8-10)13-6-4-3-5-12(13)9-15/h3-8,14H,1-2H3. The van der Waals surface area contributed by atoms with Crippen molar-refractivity contribution in [2.45, 2.75) is 19.8 Å². The summed E-state index contributed by atoms with van der Waals surface area (Å²) in [6, 6.07) is 10.1. The molecule has 1 unspecified atom stereocenters. The van der Waals surface area contributed by atoms with Gasteiger partial charge in [0.2, 0.25) is 0 Å². The van der Waals surface area contributed by atoms with Gasteiger partial charge in [-0.1, -0.05) is 41.5 Å². The lowest BCUT2D eigenvalue weighted by Crippen LogP contribution is -1.97. The Labute approximate surface area is 90.4 Å². The highest BCUT2D eigenvalue weighted by atomic mass is 14.3. The Hall–Kier alpha value is -1.81. The maximum absolute atomic E-state index is 9.04. The molecule has 1 aliphatic carbocycles. The van der Waals surface area contributed by atoms with E-state index in [0.717, 1.165) is 11.1 Å². The van der Waals surface area contributed by atoms with Crippen molar-refractivity contribution >= 4 is 0 Å². The van der Waals surface area contributed by atoms with Crippen LogP contribution in [-0.2, 0) is 0 Å². The van der Waals surface area contributed by atoms with Gasteiger partial charge in [0, 0.05) is 5.92 Å². The van der Waals surface area contributed by atoms with Crippen LogP contribution in [0.15, 0.2) is 47.6 Å². The zero-order valence-electron chi connectivity index (χ0n) is 8.99. The van der Waals surface area contributed by atoms with Gasteiger partial charge in [-0.3, -0.25) is 0 Å². The molecule has 1 nitrogen and oxygen atoms in total. The first-order chi connectivity index (χ1) is 7.22. The molecule has 1 aromatic carbocycles. The topological polar surface area (TPSA) is 23.8 Å². The van der Waals surface area contributed by atoms with E-state index in [1.807, 2.05) is 24.3 Å². The van der Waals surface area contributed by atoms with E-state index in [1.165, 1.54) is 11.1 Å². The number of hydrogen-bond donors (Lipinski definition) is 0. The van der Waals surface area contributed by atoms with E-state index < -0.39 is 0 Å². The second-order valence-electron chi connectivity index (χ2n) is 3.98. The molecule has 2 rings (SSSR count). The van der Waals surface area contributed by atoms with Crippen LogP contribution < -0.4 is 0 Å². The van der Waals surface area contributed by atoms with Crippen molar-refractivity contribution in [3.63, 3.8) is 0 Å². The van der Waals surface area contributed by atoms with Crippen LogP contribution in [0, 0.1) is 11.3 Å². The lowest BCUT2D eigenvalue weighted by atomic mass is 9.91. The third-order valence-electron chi connectivity index (χ3n) is 2.79. The second kappa shape index (κ2) is 3.74. The van der Waals surface area contributed by atoms with Crippen molar-refractivity contribution in [1.82, 2.24) is 0 Å². The van der Waals surface area contributed by atoms with Crippen molar-refractivity contribution in [1.29, 1.82) is 5.26 Å². The molecule has 74 valence electrons. The monoisotopic (exact) mass is 195 g/mol. The van der Waals surface area contributed by atoms with Crippen LogP contribution >= 0.6 is 0 Å². The summed E-state index contributed by atoms with van der Waals surface area (Å²) in [4.78, 5) is 0. The molecular formula is C14H13N. The van der Waals surface area contributed by atoms with E-state index in [1.54, 1.807) is 0 Å². The minimum atomic E-state index is 0.292. The minimum Gasteiger partial charge on any atom is -0.192 e.